The lowest BCUT2D eigenvalue weighted by molar-refractivity contribution is -0.142. The second-order valence-corrected chi connectivity index (χ2v) is 14.7. The van der Waals surface area contributed by atoms with Gasteiger partial charge in [0.1, 0.15) is 0 Å². The van der Waals surface area contributed by atoms with Gasteiger partial charge in [0, 0.05) is 81.2 Å². The summed E-state index contributed by atoms with van der Waals surface area (Å²) in [5.41, 5.74) is 18.0. The summed E-state index contributed by atoms with van der Waals surface area (Å²) < 4.78 is 6.10. The Kier molecular flexibility index (Phi) is 10.2. The van der Waals surface area contributed by atoms with Gasteiger partial charge >= 0.3 is 12.1 Å². The SMILES string of the molecule is Cc1cc(C[C@@H](OC(=O)N2CCC(N3CCc4ccccc4NC3=O)CC2)C(=O)N2CCC(N3CCC(C)(N)CC3)CC2)cc(C)c1N. The number of hydrogen-bond donors (Lipinski definition) is 3. The lowest BCUT2D eigenvalue weighted by atomic mass is 9.89. The number of piperidine rings is 3. The lowest BCUT2D eigenvalue weighted by Crippen LogP contribution is -2.55. The fraction of sp³-hybridized carbons (Fsp3) is 0.595. The van der Waals surface area contributed by atoms with Crippen LogP contribution in [0.15, 0.2) is 36.4 Å². The van der Waals surface area contributed by atoms with Crippen molar-refractivity contribution >= 4 is 29.4 Å². The van der Waals surface area contributed by atoms with E-state index in [1.807, 2.05) is 54.0 Å². The van der Waals surface area contributed by atoms with E-state index in [4.69, 9.17) is 16.2 Å². The van der Waals surface area contributed by atoms with Gasteiger partial charge in [0.25, 0.3) is 5.91 Å². The van der Waals surface area contributed by atoms with Crippen molar-refractivity contribution in [3.8, 4) is 0 Å². The predicted octanol–water partition coefficient (Wildman–Crippen LogP) is 4.29. The molecule has 4 heterocycles. The van der Waals surface area contributed by atoms with Crippen molar-refractivity contribution < 1.29 is 19.1 Å². The highest BCUT2D eigenvalue weighted by molar-refractivity contribution is 5.91. The Morgan fingerprint density at radius 1 is 0.917 bits per heavy atom. The number of rotatable bonds is 6. The van der Waals surface area contributed by atoms with Crippen LogP contribution in [0, 0.1) is 13.8 Å². The molecule has 3 saturated heterocycles. The average Bonchev–Trinajstić information content (AvgIpc) is 3.24. The van der Waals surface area contributed by atoms with Crippen molar-refractivity contribution in [3.63, 3.8) is 0 Å². The van der Waals surface area contributed by atoms with Crippen molar-refractivity contribution in [1.82, 2.24) is 19.6 Å². The van der Waals surface area contributed by atoms with Crippen molar-refractivity contribution in [1.29, 1.82) is 0 Å². The fourth-order valence-corrected chi connectivity index (χ4v) is 7.93. The minimum absolute atomic E-state index is 0.0290. The van der Waals surface area contributed by atoms with E-state index in [1.165, 1.54) is 0 Å². The molecule has 11 nitrogen and oxygen atoms in total. The molecule has 5 N–H and O–H groups in total. The molecule has 3 fully saturated rings. The Morgan fingerprint density at radius 3 is 2.19 bits per heavy atom. The number of benzene rings is 2. The van der Waals surface area contributed by atoms with Crippen LogP contribution in [0.5, 0.6) is 0 Å². The summed E-state index contributed by atoms with van der Waals surface area (Å²) in [6.07, 6.45) is 4.75. The molecule has 260 valence electrons. The maximum Gasteiger partial charge on any atom is 0.410 e. The zero-order chi connectivity index (χ0) is 34.0. The number of ether oxygens (including phenoxy) is 1. The number of nitrogens with one attached hydrogen (secondary N) is 1. The van der Waals surface area contributed by atoms with E-state index in [2.05, 4.69) is 23.2 Å². The number of aryl methyl sites for hydroxylation is 2. The first-order valence-electron chi connectivity index (χ1n) is 17.8. The fourth-order valence-electron chi connectivity index (χ4n) is 7.93. The van der Waals surface area contributed by atoms with E-state index in [0.717, 1.165) is 78.8 Å². The second-order valence-electron chi connectivity index (χ2n) is 14.7. The van der Waals surface area contributed by atoms with Crippen LogP contribution in [0.4, 0.5) is 21.0 Å². The molecular weight excluding hydrogens is 606 g/mol. The molecule has 0 spiro atoms. The topological polar surface area (TPSA) is 137 Å². The van der Waals surface area contributed by atoms with Gasteiger partial charge in [-0.15, -0.1) is 0 Å². The Hall–Kier alpha value is -3.83. The third-order valence-corrected chi connectivity index (χ3v) is 11.1. The van der Waals surface area contributed by atoms with Crippen LogP contribution in [-0.2, 0) is 22.4 Å². The summed E-state index contributed by atoms with van der Waals surface area (Å²) in [5, 5.41) is 3.06. The van der Waals surface area contributed by atoms with Crippen LogP contribution in [0.25, 0.3) is 0 Å². The van der Waals surface area contributed by atoms with Crippen LogP contribution < -0.4 is 16.8 Å². The number of amides is 4. The molecule has 4 aliphatic heterocycles. The number of carbonyl (C=O) groups is 3. The molecule has 6 rings (SSSR count). The van der Waals surface area contributed by atoms with Crippen LogP contribution in [0.3, 0.4) is 0 Å². The molecular formula is C37H53N7O4. The summed E-state index contributed by atoms with van der Waals surface area (Å²) in [4.78, 5) is 48.8. The van der Waals surface area contributed by atoms with E-state index in [9.17, 15) is 14.4 Å². The molecule has 11 heteroatoms. The monoisotopic (exact) mass is 659 g/mol. The highest BCUT2D eigenvalue weighted by Crippen LogP contribution is 2.28. The zero-order valence-electron chi connectivity index (χ0n) is 28.9. The summed E-state index contributed by atoms with van der Waals surface area (Å²) in [6, 6.07) is 12.3. The molecule has 0 radical (unpaired) electrons. The van der Waals surface area contributed by atoms with Crippen molar-refractivity contribution in [2.24, 2.45) is 5.73 Å². The summed E-state index contributed by atoms with van der Waals surface area (Å²) >= 11 is 0. The predicted molar refractivity (Wildman–Crippen MR) is 188 cm³/mol. The summed E-state index contributed by atoms with van der Waals surface area (Å²) in [5.74, 6) is -0.141. The second kappa shape index (κ2) is 14.3. The van der Waals surface area contributed by atoms with Gasteiger partial charge in [0.05, 0.1) is 0 Å². The largest absolute Gasteiger partial charge is 0.436 e. The van der Waals surface area contributed by atoms with Crippen LogP contribution in [0.2, 0.25) is 0 Å². The van der Waals surface area contributed by atoms with Gasteiger partial charge in [0.2, 0.25) is 0 Å². The lowest BCUT2D eigenvalue weighted by Gasteiger charge is -2.44. The first-order valence-corrected chi connectivity index (χ1v) is 17.8. The number of anilines is 2. The molecule has 0 aliphatic carbocycles. The van der Waals surface area contributed by atoms with E-state index in [1.54, 1.807) is 4.90 Å². The smallest absolute Gasteiger partial charge is 0.410 e. The highest BCUT2D eigenvalue weighted by Gasteiger charge is 2.37. The third-order valence-electron chi connectivity index (χ3n) is 11.1. The first kappa shape index (κ1) is 34.0. The molecule has 4 amide bonds. The molecule has 0 saturated carbocycles. The van der Waals surface area contributed by atoms with Gasteiger partial charge in [-0.2, -0.15) is 0 Å². The van der Waals surface area contributed by atoms with E-state index >= 15 is 0 Å². The molecule has 0 unspecified atom stereocenters. The summed E-state index contributed by atoms with van der Waals surface area (Å²) in [6.45, 7) is 10.9. The van der Waals surface area contributed by atoms with Crippen LogP contribution in [-0.4, -0.2) is 107 Å². The van der Waals surface area contributed by atoms with Gasteiger partial charge in [-0.25, -0.2) is 9.59 Å². The maximum absolute atomic E-state index is 14.1. The maximum atomic E-state index is 14.1. The number of likely N-dealkylation sites (tertiary alicyclic amines) is 3. The number of hydrogen-bond acceptors (Lipinski definition) is 7. The normalized spacial score (nSPS) is 21.7. The Labute approximate surface area is 284 Å². The van der Waals surface area contributed by atoms with Crippen LogP contribution >= 0.6 is 0 Å². The van der Waals surface area contributed by atoms with Crippen molar-refractivity contribution in [3.05, 3.63) is 58.7 Å². The van der Waals surface area contributed by atoms with Crippen molar-refractivity contribution in [2.75, 3.05) is 56.9 Å². The molecule has 1 atom stereocenters. The third kappa shape index (κ3) is 7.73. The standard InChI is InChI=1S/C37H53N7O4/c1-25-22-27(23-26(2)33(25)38)24-32(34(45)42-15-9-29(10-16-42)41-20-13-37(3,39)14-21-41)48-36(47)43-17-11-30(12-18-43)44-19-8-28-6-4-5-7-31(28)40-35(44)46/h4-7,22-23,29-30,32H,8-21,24,38-39H2,1-3H3,(H,40,46)/t32-/m1/s1. The number of nitrogen functional groups attached to an aromatic ring is 1. The number of nitrogens with two attached hydrogens (primary N) is 2. The zero-order valence-corrected chi connectivity index (χ0v) is 28.9. The Balaban J connectivity index is 1.08. The van der Waals surface area contributed by atoms with Crippen LogP contribution in [0.1, 0.15) is 67.7 Å². The highest BCUT2D eigenvalue weighted by atomic mass is 16.6. The number of fused-ring (bicyclic) bond motifs is 1. The van der Waals surface area contributed by atoms with Gasteiger partial charge in [-0.05, 0) is 94.0 Å². The number of para-hydroxylation sites is 1. The van der Waals surface area contributed by atoms with E-state index < -0.39 is 12.2 Å². The number of urea groups is 1. The first-order chi connectivity index (χ1) is 23.0. The van der Waals surface area contributed by atoms with Crippen molar-refractivity contribution in [2.45, 2.75) is 95.9 Å². The van der Waals surface area contributed by atoms with Gasteiger partial charge in [-0.3, -0.25) is 4.79 Å². The quantitative estimate of drug-likeness (QED) is 0.394. The minimum atomic E-state index is -0.933. The molecule has 2 aromatic rings. The number of nitrogens with zero attached hydrogens (tertiary/aromatic N) is 4. The molecule has 48 heavy (non-hydrogen) atoms. The average molecular weight is 660 g/mol. The molecule has 0 aromatic heterocycles. The molecule has 2 aromatic carbocycles. The molecule has 4 aliphatic rings. The summed E-state index contributed by atoms with van der Waals surface area (Å²) in [7, 11) is 0. The van der Waals surface area contributed by atoms with Gasteiger partial charge in [-0.1, -0.05) is 30.3 Å². The van der Waals surface area contributed by atoms with Gasteiger partial charge in [0.15, 0.2) is 6.10 Å². The van der Waals surface area contributed by atoms with E-state index in [-0.39, 0.29) is 23.5 Å². The number of carbonyl (C=O) groups excluding carboxylic acids is 3. The molecule has 0 bridgehead atoms. The minimum Gasteiger partial charge on any atom is -0.436 e. The van der Waals surface area contributed by atoms with Gasteiger partial charge < -0.3 is 41.1 Å². The Bertz CT molecular complexity index is 1460. The van der Waals surface area contributed by atoms with E-state index in [0.29, 0.717) is 58.0 Å². The Morgan fingerprint density at radius 2 is 1.52 bits per heavy atom.